The average Bonchev–Trinajstić information content (AvgIpc) is 3.20. The number of hydrogen-bond acceptors (Lipinski definition) is 5. The van der Waals surface area contributed by atoms with Gasteiger partial charge in [0.15, 0.2) is 5.75 Å². The van der Waals surface area contributed by atoms with Crippen LogP contribution in [0.25, 0.3) is 10.9 Å². The van der Waals surface area contributed by atoms with E-state index in [1.54, 1.807) is 12.1 Å². The molecule has 1 unspecified atom stereocenters. The van der Waals surface area contributed by atoms with E-state index >= 15 is 0 Å². The Labute approximate surface area is 197 Å². The van der Waals surface area contributed by atoms with Crippen LogP contribution in [0.15, 0.2) is 70.6 Å². The third-order valence-corrected chi connectivity index (χ3v) is 7.27. The van der Waals surface area contributed by atoms with Gasteiger partial charge in [-0.2, -0.15) is 0 Å². The van der Waals surface area contributed by atoms with Gasteiger partial charge in [0.05, 0.1) is 19.8 Å². The third-order valence-electron chi connectivity index (χ3n) is 4.89. The van der Waals surface area contributed by atoms with Crippen molar-refractivity contribution in [2.45, 2.75) is 15.8 Å². The summed E-state index contributed by atoms with van der Waals surface area (Å²) in [7, 11) is -3.94. The Bertz CT molecular complexity index is 1460. The van der Waals surface area contributed by atoms with Crippen LogP contribution in [0.2, 0.25) is 10.0 Å². The molecule has 0 aliphatic heterocycles. The minimum absolute atomic E-state index is 0.0190. The zero-order chi connectivity index (χ0) is 23.9. The summed E-state index contributed by atoms with van der Waals surface area (Å²) in [6, 6.07) is 10.6. The van der Waals surface area contributed by atoms with Crippen LogP contribution in [0.1, 0.15) is 11.6 Å². The van der Waals surface area contributed by atoms with Gasteiger partial charge in [0.1, 0.15) is 17.6 Å². The average molecular weight is 509 g/mol. The second-order valence-electron chi connectivity index (χ2n) is 7.05. The standard InChI is InChI=1S/C22H15Cl2FN2O5S/c23-16-7-11(20(26)22(28)29)8-17(24)21(16)32-13-3-6-18-15(9-13)19(10-27-18)33(30,31)14-4-1-12(25)2-5-14/h1-10,20,27H,26H2,(H,28,29). The molecule has 0 aliphatic rings. The number of aromatic amines is 1. The van der Waals surface area contributed by atoms with Crippen LogP contribution in [0, 0.1) is 5.82 Å². The second-order valence-corrected chi connectivity index (χ2v) is 9.78. The summed E-state index contributed by atoms with van der Waals surface area (Å²) in [6.45, 7) is 0. The summed E-state index contributed by atoms with van der Waals surface area (Å²) < 4.78 is 45.2. The van der Waals surface area contributed by atoms with E-state index in [0.29, 0.717) is 10.9 Å². The number of carboxylic acid groups (broad SMARTS) is 1. The molecule has 4 aromatic rings. The fraction of sp³-hybridized carbons (Fsp3) is 0.0455. The molecular formula is C22H15Cl2FN2O5S. The van der Waals surface area contributed by atoms with E-state index in [9.17, 15) is 17.6 Å². The number of aliphatic carboxylic acids is 1. The first-order valence-corrected chi connectivity index (χ1v) is 11.6. The highest BCUT2D eigenvalue weighted by Crippen LogP contribution is 2.40. The predicted molar refractivity (Wildman–Crippen MR) is 121 cm³/mol. The molecule has 0 saturated heterocycles. The van der Waals surface area contributed by atoms with Gasteiger partial charge in [-0.05, 0) is 60.2 Å². The zero-order valence-electron chi connectivity index (χ0n) is 16.6. The van der Waals surface area contributed by atoms with Gasteiger partial charge in [0.25, 0.3) is 0 Å². The SMILES string of the molecule is NC(C(=O)O)c1cc(Cl)c(Oc2ccc3[nH]cc(S(=O)(=O)c4ccc(F)cc4)c3c2)c(Cl)c1. The fourth-order valence-electron chi connectivity index (χ4n) is 3.22. The Morgan fingerprint density at radius 1 is 1.06 bits per heavy atom. The predicted octanol–water partition coefficient (Wildman–Crippen LogP) is 5.32. The van der Waals surface area contributed by atoms with Gasteiger partial charge >= 0.3 is 5.97 Å². The quantitative estimate of drug-likeness (QED) is 0.302. The van der Waals surface area contributed by atoms with Crippen LogP contribution >= 0.6 is 23.2 Å². The smallest absolute Gasteiger partial charge is 0.325 e. The van der Waals surface area contributed by atoms with E-state index in [1.807, 2.05) is 0 Å². The molecule has 170 valence electrons. The molecule has 7 nitrogen and oxygen atoms in total. The van der Waals surface area contributed by atoms with E-state index in [-0.39, 0.29) is 36.9 Å². The number of sulfone groups is 1. The molecule has 0 bridgehead atoms. The number of H-pyrrole nitrogens is 1. The molecule has 33 heavy (non-hydrogen) atoms. The number of ether oxygens (including phenoxy) is 1. The second kappa shape index (κ2) is 8.68. The molecule has 0 spiro atoms. The number of carbonyl (C=O) groups is 1. The Morgan fingerprint density at radius 2 is 1.70 bits per heavy atom. The lowest BCUT2D eigenvalue weighted by molar-refractivity contribution is -0.138. The summed E-state index contributed by atoms with van der Waals surface area (Å²) >= 11 is 12.5. The highest BCUT2D eigenvalue weighted by Gasteiger charge is 2.23. The highest BCUT2D eigenvalue weighted by atomic mass is 35.5. The molecule has 1 aromatic heterocycles. The molecular weight excluding hydrogens is 494 g/mol. The number of fused-ring (bicyclic) bond motifs is 1. The number of halogens is 3. The van der Waals surface area contributed by atoms with Crippen molar-refractivity contribution in [3.8, 4) is 11.5 Å². The van der Waals surface area contributed by atoms with Crippen molar-refractivity contribution in [1.82, 2.24) is 4.98 Å². The first-order valence-electron chi connectivity index (χ1n) is 9.35. The number of nitrogens with one attached hydrogen (secondary N) is 1. The number of benzene rings is 3. The Kier molecular flexibility index (Phi) is 6.06. The van der Waals surface area contributed by atoms with E-state index in [4.69, 9.17) is 38.8 Å². The minimum atomic E-state index is -3.94. The van der Waals surface area contributed by atoms with Gasteiger partial charge in [-0.3, -0.25) is 4.79 Å². The molecule has 1 heterocycles. The third kappa shape index (κ3) is 4.40. The van der Waals surface area contributed by atoms with E-state index in [0.717, 1.165) is 12.1 Å². The van der Waals surface area contributed by atoms with E-state index in [1.165, 1.54) is 36.5 Å². The van der Waals surface area contributed by atoms with Crippen LogP contribution in [0.5, 0.6) is 11.5 Å². The van der Waals surface area contributed by atoms with Gasteiger partial charge in [-0.15, -0.1) is 0 Å². The molecule has 4 rings (SSSR count). The Balaban J connectivity index is 1.73. The van der Waals surface area contributed by atoms with Crippen LogP contribution in [-0.4, -0.2) is 24.5 Å². The first kappa shape index (κ1) is 23.1. The molecule has 0 fully saturated rings. The van der Waals surface area contributed by atoms with Crippen molar-refractivity contribution in [2.75, 3.05) is 0 Å². The maximum Gasteiger partial charge on any atom is 0.325 e. The van der Waals surface area contributed by atoms with Crippen molar-refractivity contribution < 1.29 is 27.4 Å². The maximum absolute atomic E-state index is 13.2. The highest BCUT2D eigenvalue weighted by molar-refractivity contribution is 7.91. The van der Waals surface area contributed by atoms with Gasteiger partial charge in [-0.25, -0.2) is 12.8 Å². The molecule has 1 atom stereocenters. The fourth-order valence-corrected chi connectivity index (χ4v) is 5.22. The molecule has 3 aromatic carbocycles. The molecule has 0 aliphatic carbocycles. The number of aromatic nitrogens is 1. The molecule has 0 amide bonds. The first-order chi connectivity index (χ1) is 15.6. The van der Waals surface area contributed by atoms with Gasteiger partial charge < -0.3 is 20.6 Å². The van der Waals surface area contributed by atoms with Crippen LogP contribution in [0.3, 0.4) is 0 Å². The maximum atomic E-state index is 13.2. The monoisotopic (exact) mass is 508 g/mol. The molecule has 11 heteroatoms. The zero-order valence-corrected chi connectivity index (χ0v) is 18.9. The number of nitrogens with two attached hydrogens (primary N) is 1. The number of hydrogen-bond donors (Lipinski definition) is 3. The Hall–Kier alpha value is -3.11. The summed E-state index contributed by atoms with van der Waals surface area (Å²) in [5.41, 5.74) is 6.33. The van der Waals surface area contributed by atoms with Crippen LogP contribution < -0.4 is 10.5 Å². The summed E-state index contributed by atoms with van der Waals surface area (Å²) in [6.07, 6.45) is 1.34. The number of carboxylic acids is 1. The summed E-state index contributed by atoms with van der Waals surface area (Å²) in [4.78, 5) is 13.9. The largest absolute Gasteiger partial charge is 0.480 e. The van der Waals surface area contributed by atoms with Gasteiger partial charge in [-0.1, -0.05) is 23.2 Å². The number of rotatable bonds is 6. The lowest BCUT2D eigenvalue weighted by Crippen LogP contribution is -2.20. The van der Waals surface area contributed by atoms with Gasteiger partial charge in [0, 0.05) is 17.1 Å². The normalized spacial score (nSPS) is 12.6. The molecule has 0 radical (unpaired) electrons. The minimum Gasteiger partial charge on any atom is -0.480 e. The molecule has 0 saturated carbocycles. The Morgan fingerprint density at radius 3 is 2.30 bits per heavy atom. The lowest BCUT2D eigenvalue weighted by atomic mass is 10.1. The summed E-state index contributed by atoms with van der Waals surface area (Å²) in [5, 5.41) is 9.48. The molecule has 4 N–H and O–H groups in total. The van der Waals surface area contributed by atoms with E-state index < -0.39 is 27.7 Å². The van der Waals surface area contributed by atoms with Crippen LogP contribution in [0.4, 0.5) is 4.39 Å². The summed E-state index contributed by atoms with van der Waals surface area (Å²) in [5.74, 6) is -1.51. The lowest BCUT2D eigenvalue weighted by Gasteiger charge is -2.13. The van der Waals surface area contributed by atoms with Crippen molar-refractivity contribution in [3.05, 3.63) is 82.2 Å². The van der Waals surface area contributed by atoms with Crippen LogP contribution in [-0.2, 0) is 14.6 Å². The van der Waals surface area contributed by atoms with Crippen molar-refractivity contribution in [2.24, 2.45) is 5.73 Å². The topological polar surface area (TPSA) is 122 Å². The van der Waals surface area contributed by atoms with Crippen molar-refractivity contribution >= 4 is 49.9 Å². The van der Waals surface area contributed by atoms with E-state index in [2.05, 4.69) is 4.98 Å². The van der Waals surface area contributed by atoms with Gasteiger partial charge in [0.2, 0.25) is 9.84 Å². The van der Waals surface area contributed by atoms with Crippen molar-refractivity contribution in [1.29, 1.82) is 0 Å². The van der Waals surface area contributed by atoms with Crippen molar-refractivity contribution in [3.63, 3.8) is 0 Å².